The van der Waals surface area contributed by atoms with Crippen molar-refractivity contribution in [1.82, 2.24) is 0 Å². The molecule has 0 radical (unpaired) electrons. The number of alkyl halides is 2. The molecule has 0 aromatic heterocycles. The van der Waals surface area contributed by atoms with Crippen LogP contribution in [-0.2, 0) is 4.79 Å². The molecule has 0 aromatic carbocycles. The molecule has 0 aliphatic heterocycles. The highest BCUT2D eigenvalue weighted by Gasteiger charge is 2.39. The van der Waals surface area contributed by atoms with Gasteiger partial charge in [-0.1, -0.05) is 6.92 Å². The lowest BCUT2D eigenvalue weighted by Gasteiger charge is -2.17. The predicted octanol–water partition coefficient (Wildman–Crippen LogP) is 0.444. The lowest BCUT2D eigenvalue weighted by molar-refractivity contribution is -0.148. The minimum atomic E-state index is -3.30. The van der Waals surface area contributed by atoms with Gasteiger partial charge in [0, 0.05) is 6.42 Å². The molecule has 0 heterocycles. The molecule has 3 N–H and O–H groups in total. The topological polar surface area (TPSA) is 63.3 Å². The Kier molecular flexibility index (Phi) is 2.71. The van der Waals surface area contributed by atoms with Gasteiger partial charge in [-0.2, -0.15) is 0 Å². The van der Waals surface area contributed by atoms with Crippen molar-refractivity contribution in [3.63, 3.8) is 0 Å². The molecule has 60 valence electrons. The average molecular weight is 153 g/mol. The third kappa shape index (κ3) is 1.91. The van der Waals surface area contributed by atoms with Gasteiger partial charge < -0.3 is 10.8 Å². The Morgan fingerprint density at radius 1 is 1.80 bits per heavy atom. The fourth-order valence-electron chi connectivity index (χ4n) is 0.401. The van der Waals surface area contributed by atoms with Crippen molar-refractivity contribution in [1.29, 1.82) is 0 Å². The number of hydrogen-bond donors (Lipinski definition) is 2. The summed E-state index contributed by atoms with van der Waals surface area (Å²) in [6, 6.07) is -2.09. The van der Waals surface area contributed by atoms with Gasteiger partial charge in [-0.15, -0.1) is 0 Å². The summed E-state index contributed by atoms with van der Waals surface area (Å²) in [7, 11) is 0. The van der Waals surface area contributed by atoms with Crippen LogP contribution in [-0.4, -0.2) is 23.0 Å². The molecule has 1 atom stereocenters. The SMILES string of the molecule is CCC(F)(F)C(N)C(=O)O. The van der Waals surface area contributed by atoms with Gasteiger partial charge in [0.15, 0.2) is 6.04 Å². The van der Waals surface area contributed by atoms with E-state index in [1.807, 2.05) is 0 Å². The third-order valence-electron chi connectivity index (χ3n) is 1.19. The number of rotatable bonds is 3. The number of carboxylic acid groups (broad SMARTS) is 1. The molecule has 1 unspecified atom stereocenters. The van der Waals surface area contributed by atoms with Crippen LogP contribution in [0.25, 0.3) is 0 Å². The number of hydrogen-bond acceptors (Lipinski definition) is 2. The lowest BCUT2D eigenvalue weighted by Crippen LogP contribution is -2.46. The molecule has 0 spiro atoms. The zero-order valence-corrected chi connectivity index (χ0v) is 5.47. The van der Waals surface area contributed by atoms with Gasteiger partial charge in [0.1, 0.15) is 0 Å². The van der Waals surface area contributed by atoms with E-state index in [9.17, 15) is 13.6 Å². The van der Waals surface area contributed by atoms with Crippen molar-refractivity contribution in [3.8, 4) is 0 Å². The van der Waals surface area contributed by atoms with Gasteiger partial charge in [-0.25, -0.2) is 8.78 Å². The maximum absolute atomic E-state index is 12.3. The zero-order chi connectivity index (χ0) is 8.36. The van der Waals surface area contributed by atoms with Crippen LogP contribution < -0.4 is 5.73 Å². The van der Waals surface area contributed by atoms with E-state index in [0.717, 1.165) is 0 Å². The van der Waals surface area contributed by atoms with Crippen molar-refractivity contribution in [2.24, 2.45) is 5.73 Å². The van der Waals surface area contributed by atoms with Crippen LogP contribution in [0.15, 0.2) is 0 Å². The highest BCUT2D eigenvalue weighted by molar-refractivity contribution is 5.74. The molecule has 0 bridgehead atoms. The summed E-state index contributed by atoms with van der Waals surface area (Å²) in [5.41, 5.74) is 4.66. The smallest absolute Gasteiger partial charge is 0.326 e. The van der Waals surface area contributed by atoms with Gasteiger partial charge in [0.25, 0.3) is 5.92 Å². The average Bonchev–Trinajstić information content (AvgIpc) is 1.86. The molecule has 5 heteroatoms. The Labute approximate surface area is 56.8 Å². The maximum Gasteiger partial charge on any atom is 0.326 e. The summed E-state index contributed by atoms with van der Waals surface area (Å²) in [5.74, 6) is -4.97. The second-order valence-corrected chi connectivity index (χ2v) is 1.93. The summed E-state index contributed by atoms with van der Waals surface area (Å²) in [4.78, 5) is 9.90. The second-order valence-electron chi connectivity index (χ2n) is 1.93. The molecule has 0 rings (SSSR count). The highest BCUT2D eigenvalue weighted by atomic mass is 19.3. The molecular weight excluding hydrogens is 144 g/mol. The van der Waals surface area contributed by atoms with Gasteiger partial charge >= 0.3 is 5.97 Å². The Morgan fingerprint density at radius 2 is 2.20 bits per heavy atom. The van der Waals surface area contributed by atoms with E-state index in [1.165, 1.54) is 6.92 Å². The van der Waals surface area contributed by atoms with Crippen LogP contribution in [0.1, 0.15) is 13.3 Å². The fraction of sp³-hybridized carbons (Fsp3) is 0.800. The summed E-state index contributed by atoms with van der Waals surface area (Å²) in [5, 5.41) is 8.04. The summed E-state index contributed by atoms with van der Waals surface area (Å²) >= 11 is 0. The van der Waals surface area contributed by atoms with E-state index in [0.29, 0.717) is 0 Å². The van der Waals surface area contributed by atoms with Crippen molar-refractivity contribution in [3.05, 3.63) is 0 Å². The van der Waals surface area contributed by atoms with Crippen LogP contribution in [0, 0.1) is 0 Å². The molecule has 0 saturated heterocycles. The number of halogens is 2. The van der Waals surface area contributed by atoms with Crippen LogP contribution in [0.5, 0.6) is 0 Å². The lowest BCUT2D eigenvalue weighted by atomic mass is 10.1. The quantitative estimate of drug-likeness (QED) is 0.618. The van der Waals surface area contributed by atoms with Crippen LogP contribution in [0.2, 0.25) is 0 Å². The van der Waals surface area contributed by atoms with E-state index < -0.39 is 24.4 Å². The number of carbonyl (C=O) groups is 1. The standard InChI is InChI=1S/C5H9F2NO2/c1-2-5(6,7)3(8)4(9)10/h3H,2,8H2,1H3,(H,9,10). The van der Waals surface area contributed by atoms with Crippen LogP contribution >= 0.6 is 0 Å². The number of aliphatic carboxylic acids is 1. The molecule has 0 aromatic rings. The first-order chi connectivity index (χ1) is 4.41. The van der Waals surface area contributed by atoms with Gasteiger partial charge in [0.05, 0.1) is 0 Å². The maximum atomic E-state index is 12.3. The molecule has 3 nitrogen and oxygen atoms in total. The minimum absolute atomic E-state index is 0.555. The molecule has 0 saturated carbocycles. The van der Waals surface area contributed by atoms with Crippen molar-refractivity contribution in [2.75, 3.05) is 0 Å². The summed E-state index contributed by atoms with van der Waals surface area (Å²) in [6.07, 6.45) is -0.555. The zero-order valence-electron chi connectivity index (χ0n) is 5.47. The van der Waals surface area contributed by atoms with E-state index in [2.05, 4.69) is 5.73 Å². The first kappa shape index (κ1) is 9.29. The summed E-state index contributed by atoms with van der Waals surface area (Å²) in [6.45, 7) is 1.18. The van der Waals surface area contributed by atoms with Crippen molar-refractivity contribution < 1.29 is 18.7 Å². The van der Waals surface area contributed by atoms with E-state index in [1.54, 1.807) is 0 Å². The number of nitrogens with two attached hydrogens (primary N) is 1. The normalized spacial score (nSPS) is 14.8. The Balaban J connectivity index is 4.17. The third-order valence-corrected chi connectivity index (χ3v) is 1.19. The second kappa shape index (κ2) is 2.92. The Hall–Kier alpha value is -0.710. The van der Waals surface area contributed by atoms with Crippen molar-refractivity contribution >= 4 is 5.97 Å². The molecular formula is C5H9F2NO2. The Morgan fingerprint density at radius 3 is 2.30 bits per heavy atom. The molecule has 0 amide bonds. The predicted molar refractivity (Wildman–Crippen MR) is 30.8 cm³/mol. The molecule has 10 heavy (non-hydrogen) atoms. The van der Waals surface area contributed by atoms with Gasteiger partial charge in [-0.05, 0) is 0 Å². The van der Waals surface area contributed by atoms with Gasteiger partial charge in [-0.3, -0.25) is 4.79 Å². The van der Waals surface area contributed by atoms with E-state index >= 15 is 0 Å². The molecule has 0 aliphatic carbocycles. The minimum Gasteiger partial charge on any atom is -0.480 e. The molecule has 0 fully saturated rings. The highest BCUT2D eigenvalue weighted by Crippen LogP contribution is 2.20. The van der Waals surface area contributed by atoms with Crippen LogP contribution in [0.4, 0.5) is 8.78 Å². The van der Waals surface area contributed by atoms with Crippen LogP contribution in [0.3, 0.4) is 0 Å². The Bertz CT molecular complexity index is 138. The monoisotopic (exact) mass is 153 g/mol. The molecule has 0 aliphatic rings. The first-order valence-electron chi connectivity index (χ1n) is 2.78. The van der Waals surface area contributed by atoms with Gasteiger partial charge in [0.2, 0.25) is 0 Å². The van der Waals surface area contributed by atoms with Crippen molar-refractivity contribution in [2.45, 2.75) is 25.3 Å². The fourth-order valence-corrected chi connectivity index (χ4v) is 0.401. The largest absolute Gasteiger partial charge is 0.480 e. The summed E-state index contributed by atoms with van der Waals surface area (Å²) < 4.78 is 24.6. The number of carboxylic acids is 1. The van der Waals surface area contributed by atoms with E-state index in [4.69, 9.17) is 5.11 Å². The first-order valence-corrected chi connectivity index (χ1v) is 2.78. The van der Waals surface area contributed by atoms with E-state index in [-0.39, 0.29) is 0 Å².